The van der Waals surface area contributed by atoms with Gasteiger partial charge in [-0.1, -0.05) is 164 Å². The van der Waals surface area contributed by atoms with E-state index < -0.39 is 24.2 Å². The molecule has 2 heteroatoms. The van der Waals surface area contributed by atoms with E-state index in [1.165, 1.54) is 0 Å². The molecule has 11 rings (SSSR count). The van der Waals surface area contributed by atoms with Crippen LogP contribution in [0.3, 0.4) is 0 Å². The molecule has 11 aromatic rings. The largest absolute Gasteiger partial charge is 0.309 e. The second-order valence-corrected chi connectivity index (χ2v) is 13.8. The number of hydrogen-bond acceptors (Lipinski definition) is 0. The van der Waals surface area contributed by atoms with Crippen LogP contribution in [-0.2, 0) is 0 Å². The topological polar surface area (TPSA) is 9.86 Å². The number of rotatable bonds is 6. The molecule has 2 heterocycles. The molecule has 9 aromatic carbocycles. The quantitative estimate of drug-likeness (QED) is 0.162. The van der Waals surface area contributed by atoms with Gasteiger partial charge in [0.2, 0.25) is 0 Å². The molecular formula is C54H36N2. The van der Waals surface area contributed by atoms with Crippen molar-refractivity contribution in [1.82, 2.24) is 9.13 Å². The van der Waals surface area contributed by atoms with Crippen LogP contribution >= 0.6 is 0 Å². The van der Waals surface area contributed by atoms with E-state index in [4.69, 9.17) is 5.48 Å². The van der Waals surface area contributed by atoms with Crippen LogP contribution in [0.1, 0.15) is 13.7 Å². The number of nitrogens with zero attached hydrogens (tertiary/aromatic N) is 2. The van der Waals surface area contributed by atoms with Gasteiger partial charge in [0.25, 0.3) is 0 Å². The van der Waals surface area contributed by atoms with Crippen molar-refractivity contribution in [3.05, 3.63) is 218 Å². The highest BCUT2D eigenvalue weighted by Gasteiger charge is 2.20. The van der Waals surface area contributed by atoms with Crippen LogP contribution in [0.15, 0.2) is 218 Å². The summed E-state index contributed by atoms with van der Waals surface area (Å²) in [5.41, 5.74) is 9.14. The molecule has 0 saturated carbocycles. The highest BCUT2D eigenvalue weighted by Crippen LogP contribution is 2.43. The SMILES string of the molecule is [2H]c1c([2H])c([2H])c2c(c1[2H])c1c3c4c([2H])c([2H])c([2H])c([2H])c4n(-c4cccc(-c5ccc(-c6ccccc6)cc5)c4)c3c([2H])c([2H])c1n2-c1ccc(-c2cccc(-c3ccccc3)c2)cc1. The molecule has 262 valence electrons. The Morgan fingerprint density at radius 3 is 1.23 bits per heavy atom. The summed E-state index contributed by atoms with van der Waals surface area (Å²) >= 11 is 0. The van der Waals surface area contributed by atoms with E-state index in [1.54, 1.807) is 15.2 Å². The van der Waals surface area contributed by atoms with Crippen molar-refractivity contribution in [2.75, 3.05) is 0 Å². The van der Waals surface area contributed by atoms with Gasteiger partial charge < -0.3 is 9.13 Å². The predicted octanol–water partition coefficient (Wildman–Crippen LogP) is 14.5. The lowest BCUT2D eigenvalue weighted by molar-refractivity contribution is 1.17. The van der Waals surface area contributed by atoms with E-state index in [-0.39, 0.29) is 79.9 Å². The van der Waals surface area contributed by atoms with E-state index in [9.17, 15) is 8.22 Å². The van der Waals surface area contributed by atoms with E-state index >= 15 is 0 Å². The van der Waals surface area contributed by atoms with Gasteiger partial charge in [0.15, 0.2) is 0 Å². The standard InChI is InChI=1S/C54H36N2/c1-3-13-37(14-4-1)39-25-27-40(28-26-39)44-19-12-20-46(36-44)56-50-24-10-8-22-48(50)54-52(56)34-33-51-53(54)47-21-7-9-23-49(47)55(51)45-31-29-41(30-32-45)43-18-11-17-42(35-43)38-15-5-2-6-16-38/h1-36H/i7D,8D,9D,10D,21D,22D,23D,24D,33D,34D. The first-order valence-electron chi connectivity index (χ1n) is 23.4. The minimum absolute atomic E-state index is 0.0761. The second-order valence-electron chi connectivity index (χ2n) is 13.8. The average molecular weight is 723 g/mol. The fourth-order valence-corrected chi connectivity index (χ4v) is 7.97. The summed E-state index contributed by atoms with van der Waals surface area (Å²) in [6.45, 7) is 0. The van der Waals surface area contributed by atoms with Gasteiger partial charge in [-0.25, -0.2) is 0 Å². The summed E-state index contributed by atoms with van der Waals surface area (Å²) < 4.78 is 95.7. The monoisotopic (exact) mass is 722 g/mol. The molecule has 0 radical (unpaired) electrons. The van der Waals surface area contributed by atoms with Crippen molar-refractivity contribution in [2.24, 2.45) is 0 Å². The Kier molecular flexibility index (Phi) is 5.49. The number of benzene rings is 9. The minimum Gasteiger partial charge on any atom is -0.309 e. The molecule has 0 saturated heterocycles. The third-order valence-corrected chi connectivity index (χ3v) is 10.6. The Morgan fingerprint density at radius 2 is 0.679 bits per heavy atom. The fraction of sp³-hybridized carbons (Fsp3) is 0. The Hall–Kier alpha value is -7.42. The Labute approximate surface area is 339 Å². The number of hydrogen-bond donors (Lipinski definition) is 0. The first kappa shape index (κ1) is 23.4. The molecule has 0 amide bonds. The van der Waals surface area contributed by atoms with Gasteiger partial charge in [0.1, 0.15) is 0 Å². The van der Waals surface area contributed by atoms with E-state index in [0.717, 1.165) is 44.5 Å². The van der Waals surface area contributed by atoms with Crippen LogP contribution in [0, 0.1) is 0 Å². The van der Waals surface area contributed by atoms with Crippen LogP contribution < -0.4 is 0 Å². The van der Waals surface area contributed by atoms with Crippen molar-refractivity contribution >= 4 is 43.6 Å². The van der Waals surface area contributed by atoms with Gasteiger partial charge in [0.05, 0.1) is 35.8 Å². The van der Waals surface area contributed by atoms with Crippen LogP contribution in [0.5, 0.6) is 0 Å². The molecule has 0 bridgehead atoms. The normalized spacial score (nSPS) is 14.1. The zero-order valence-corrected chi connectivity index (χ0v) is 29.9. The third-order valence-electron chi connectivity index (χ3n) is 10.6. The molecular weight excluding hydrogens is 677 g/mol. The first-order chi connectivity index (χ1) is 31.9. The molecule has 0 spiro atoms. The fourth-order valence-electron chi connectivity index (χ4n) is 7.97. The lowest BCUT2D eigenvalue weighted by Gasteiger charge is -2.12. The van der Waals surface area contributed by atoms with Gasteiger partial charge in [-0.2, -0.15) is 0 Å². The summed E-state index contributed by atoms with van der Waals surface area (Å²) in [6, 6.07) is 47.3. The Morgan fingerprint density at radius 1 is 0.286 bits per heavy atom. The summed E-state index contributed by atoms with van der Waals surface area (Å²) in [7, 11) is 0. The maximum absolute atomic E-state index is 9.82. The van der Waals surface area contributed by atoms with Crippen molar-refractivity contribution in [1.29, 1.82) is 0 Å². The summed E-state index contributed by atoms with van der Waals surface area (Å²) in [4.78, 5) is 0. The highest BCUT2D eigenvalue weighted by molar-refractivity contribution is 6.28. The lowest BCUT2D eigenvalue weighted by Crippen LogP contribution is -1.95. The lowest BCUT2D eigenvalue weighted by atomic mass is 9.99. The van der Waals surface area contributed by atoms with Crippen LogP contribution in [0.4, 0.5) is 0 Å². The van der Waals surface area contributed by atoms with Crippen molar-refractivity contribution in [2.45, 2.75) is 0 Å². The smallest absolute Gasteiger partial charge is 0.0646 e. The van der Waals surface area contributed by atoms with Crippen molar-refractivity contribution in [3.8, 4) is 55.9 Å². The number of aromatic nitrogens is 2. The molecule has 0 N–H and O–H groups in total. The van der Waals surface area contributed by atoms with E-state index in [0.29, 0.717) is 11.4 Å². The average Bonchev–Trinajstić information content (AvgIpc) is 3.91. The molecule has 0 atom stereocenters. The third kappa shape index (κ3) is 5.26. The second kappa shape index (κ2) is 13.2. The zero-order valence-electron chi connectivity index (χ0n) is 39.9. The number of fused-ring (bicyclic) bond motifs is 7. The molecule has 0 aliphatic heterocycles. The van der Waals surface area contributed by atoms with Gasteiger partial charge in [-0.05, 0) is 99.0 Å². The molecule has 0 aliphatic carbocycles. The maximum atomic E-state index is 9.82. The summed E-state index contributed by atoms with van der Waals surface area (Å²) in [5.74, 6) is 0. The summed E-state index contributed by atoms with van der Waals surface area (Å²) in [6.07, 6.45) is 0. The minimum atomic E-state index is -0.494. The zero-order chi connectivity index (χ0) is 45.7. The molecule has 0 unspecified atom stereocenters. The maximum Gasteiger partial charge on any atom is 0.0646 e. The van der Waals surface area contributed by atoms with E-state index in [2.05, 4.69) is 6.07 Å². The van der Waals surface area contributed by atoms with Crippen LogP contribution in [0.2, 0.25) is 0 Å². The molecule has 0 fully saturated rings. The molecule has 2 nitrogen and oxygen atoms in total. The number of para-hydroxylation sites is 2. The predicted molar refractivity (Wildman–Crippen MR) is 237 cm³/mol. The first-order valence-corrected chi connectivity index (χ1v) is 18.4. The van der Waals surface area contributed by atoms with Gasteiger partial charge in [0, 0.05) is 32.9 Å². The van der Waals surface area contributed by atoms with Crippen molar-refractivity contribution in [3.63, 3.8) is 0 Å². The highest BCUT2D eigenvalue weighted by atomic mass is 15.0. The summed E-state index contributed by atoms with van der Waals surface area (Å²) in [5, 5.41) is 0.530. The van der Waals surface area contributed by atoms with Crippen LogP contribution in [-0.4, -0.2) is 9.13 Å². The Balaban J connectivity index is 1.20. The van der Waals surface area contributed by atoms with Gasteiger partial charge in [-0.3, -0.25) is 0 Å². The molecule has 56 heavy (non-hydrogen) atoms. The van der Waals surface area contributed by atoms with Gasteiger partial charge >= 0.3 is 0 Å². The molecule has 0 aliphatic rings. The van der Waals surface area contributed by atoms with Gasteiger partial charge in [-0.15, -0.1) is 0 Å². The Bertz CT molecular complexity index is 3790. The molecule has 2 aromatic heterocycles. The van der Waals surface area contributed by atoms with E-state index in [1.807, 2.05) is 146 Å². The van der Waals surface area contributed by atoms with Crippen LogP contribution in [0.25, 0.3) is 99.5 Å². The van der Waals surface area contributed by atoms with Crippen molar-refractivity contribution < 1.29 is 13.7 Å².